The molecule has 31 heavy (non-hydrogen) atoms. The maximum absolute atomic E-state index is 11.2. The van der Waals surface area contributed by atoms with E-state index in [2.05, 4.69) is 32.7 Å². The maximum Gasteiger partial charge on any atom is 0.231 e. The molecule has 1 aliphatic rings. The summed E-state index contributed by atoms with van der Waals surface area (Å²) in [6.07, 6.45) is 4.72. The van der Waals surface area contributed by atoms with Gasteiger partial charge in [0.05, 0.1) is 13.2 Å². The number of rotatable bonds is 7. The van der Waals surface area contributed by atoms with Crippen molar-refractivity contribution in [3.63, 3.8) is 0 Å². The molecule has 0 spiro atoms. The van der Waals surface area contributed by atoms with Crippen molar-refractivity contribution < 1.29 is 13.9 Å². The summed E-state index contributed by atoms with van der Waals surface area (Å²) in [5, 5.41) is 6.43. The minimum absolute atomic E-state index is 0.223. The molecule has 0 aliphatic carbocycles. The van der Waals surface area contributed by atoms with Crippen LogP contribution in [0.1, 0.15) is 23.0 Å². The highest BCUT2D eigenvalue weighted by Crippen LogP contribution is 2.29. The predicted octanol–water partition coefficient (Wildman–Crippen LogP) is 3.45. The van der Waals surface area contributed by atoms with Gasteiger partial charge in [0.1, 0.15) is 11.3 Å². The van der Waals surface area contributed by atoms with Crippen LogP contribution in [0.5, 0.6) is 0 Å². The lowest BCUT2D eigenvalue weighted by molar-refractivity contribution is 0.110. The molecule has 0 bridgehead atoms. The van der Waals surface area contributed by atoms with Crippen LogP contribution < -0.4 is 15.5 Å². The summed E-state index contributed by atoms with van der Waals surface area (Å²) in [6, 6.07) is 11.8. The molecule has 2 N–H and O–H groups in total. The topological polar surface area (TPSA) is 92.5 Å². The number of anilines is 2. The van der Waals surface area contributed by atoms with Gasteiger partial charge in [-0.2, -0.15) is 4.98 Å². The molecule has 4 rings (SSSR count). The molecule has 1 aliphatic heterocycles. The van der Waals surface area contributed by atoms with Crippen molar-refractivity contribution in [2.45, 2.75) is 6.92 Å². The molecular formula is C23H25N5O3. The minimum atomic E-state index is 0.223. The van der Waals surface area contributed by atoms with E-state index in [0.717, 1.165) is 17.0 Å². The molecule has 3 aromatic rings. The molecule has 8 heteroatoms. The number of morpholine rings is 1. The zero-order valence-electron chi connectivity index (χ0n) is 17.6. The molecule has 1 saturated heterocycles. The first-order chi connectivity index (χ1) is 15.2. The highest BCUT2D eigenvalue weighted by Gasteiger charge is 2.21. The fourth-order valence-corrected chi connectivity index (χ4v) is 3.45. The molecule has 0 saturated carbocycles. The lowest BCUT2D eigenvalue weighted by atomic mass is 10.1. The summed E-state index contributed by atoms with van der Waals surface area (Å²) >= 11 is 0. The zero-order chi connectivity index (χ0) is 21.6. The largest absolute Gasteiger partial charge is 0.448 e. The van der Waals surface area contributed by atoms with Crippen LogP contribution in [0.2, 0.25) is 0 Å². The number of carbonyl (C=O) groups excluding carboxylic acids is 1. The predicted molar refractivity (Wildman–Crippen MR) is 121 cm³/mol. The Kier molecular flexibility index (Phi) is 6.28. The van der Waals surface area contributed by atoms with Crippen molar-refractivity contribution in [3.8, 4) is 0 Å². The number of aromatic nitrogens is 2. The second-order valence-corrected chi connectivity index (χ2v) is 6.99. The maximum atomic E-state index is 11.2. The van der Waals surface area contributed by atoms with Crippen molar-refractivity contribution in [3.05, 3.63) is 65.7 Å². The molecule has 0 radical (unpaired) electrons. The molecule has 8 nitrogen and oxygen atoms in total. The summed E-state index contributed by atoms with van der Waals surface area (Å²) in [4.78, 5) is 22.6. The Balaban J connectivity index is 1.70. The number of carbonyl (C=O) groups is 1. The number of aldehydes is 1. The third kappa shape index (κ3) is 4.59. The first kappa shape index (κ1) is 20.6. The van der Waals surface area contributed by atoms with E-state index in [0.29, 0.717) is 55.5 Å². The van der Waals surface area contributed by atoms with Gasteiger partial charge in [0.25, 0.3) is 0 Å². The van der Waals surface area contributed by atoms with Crippen molar-refractivity contribution in [1.29, 1.82) is 0 Å². The van der Waals surface area contributed by atoms with Gasteiger partial charge in [0.2, 0.25) is 5.95 Å². The van der Waals surface area contributed by atoms with E-state index < -0.39 is 0 Å². The third-order valence-corrected chi connectivity index (χ3v) is 5.03. The van der Waals surface area contributed by atoms with E-state index >= 15 is 0 Å². The normalized spacial score (nSPS) is 15.2. The van der Waals surface area contributed by atoms with Gasteiger partial charge < -0.3 is 24.7 Å². The van der Waals surface area contributed by atoms with Crippen molar-refractivity contribution in [1.82, 2.24) is 15.3 Å². The molecule has 0 unspecified atom stereocenters. The Morgan fingerprint density at radius 1 is 1.16 bits per heavy atom. The first-order valence-corrected chi connectivity index (χ1v) is 10.2. The number of ether oxygens (including phenoxy) is 1. The minimum Gasteiger partial charge on any atom is -0.448 e. The number of furan rings is 1. The van der Waals surface area contributed by atoms with Crippen LogP contribution in [-0.2, 0) is 4.74 Å². The SMILES string of the molecule is C/C=C(\C=C(/NC)Nc1nc(N2CCOCC2)c2oc(C=O)cc2n1)c1ccccc1. The van der Waals surface area contributed by atoms with Gasteiger partial charge in [-0.25, -0.2) is 4.98 Å². The first-order valence-electron chi connectivity index (χ1n) is 10.2. The molecule has 160 valence electrons. The van der Waals surface area contributed by atoms with Crippen molar-refractivity contribution in [2.24, 2.45) is 0 Å². The van der Waals surface area contributed by atoms with Gasteiger partial charge in [0.15, 0.2) is 23.4 Å². The summed E-state index contributed by atoms with van der Waals surface area (Å²) < 4.78 is 11.1. The summed E-state index contributed by atoms with van der Waals surface area (Å²) in [7, 11) is 1.83. The Hall–Kier alpha value is -3.65. The highest BCUT2D eigenvalue weighted by molar-refractivity contribution is 5.90. The summed E-state index contributed by atoms with van der Waals surface area (Å²) in [6.45, 7) is 4.59. The highest BCUT2D eigenvalue weighted by atomic mass is 16.5. The van der Waals surface area contributed by atoms with Crippen LogP contribution in [-0.4, -0.2) is 49.6 Å². The number of fused-ring (bicyclic) bond motifs is 1. The number of hydrogen-bond donors (Lipinski definition) is 2. The van der Waals surface area contributed by atoms with Gasteiger partial charge in [-0.15, -0.1) is 0 Å². The van der Waals surface area contributed by atoms with Gasteiger partial charge in [0, 0.05) is 26.2 Å². The third-order valence-electron chi connectivity index (χ3n) is 5.03. The number of benzene rings is 1. The van der Waals surface area contributed by atoms with Gasteiger partial charge >= 0.3 is 0 Å². The molecule has 3 heterocycles. The second-order valence-electron chi connectivity index (χ2n) is 6.99. The van der Waals surface area contributed by atoms with E-state index in [4.69, 9.17) is 14.1 Å². The Morgan fingerprint density at radius 3 is 2.61 bits per heavy atom. The molecule has 0 amide bonds. The lowest BCUT2D eigenvalue weighted by Gasteiger charge is -2.27. The van der Waals surface area contributed by atoms with E-state index in [9.17, 15) is 4.79 Å². The molecule has 2 aromatic heterocycles. The second kappa shape index (κ2) is 9.44. The molecular weight excluding hydrogens is 394 g/mol. The molecule has 1 fully saturated rings. The molecule has 1 aromatic carbocycles. The number of nitrogens with zero attached hydrogens (tertiary/aromatic N) is 3. The summed E-state index contributed by atoms with van der Waals surface area (Å²) in [5.41, 5.74) is 3.24. The quantitative estimate of drug-likeness (QED) is 0.444. The van der Waals surface area contributed by atoms with Gasteiger partial charge in [-0.1, -0.05) is 36.4 Å². The average molecular weight is 419 g/mol. The van der Waals surface area contributed by atoms with E-state index in [1.54, 1.807) is 6.07 Å². The fraction of sp³-hybridized carbons (Fsp3) is 0.261. The monoisotopic (exact) mass is 419 g/mol. The van der Waals surface area contributed by atoms with Crippen LogP contribution >= 0.6 is 0 Å². The van der Waals surface area contributed by atoms with Crippen LogP contribution in [0.25, 0.3) is 16.7 Å². The number of hydrogen-bond acceptors (Lipinski definition) is 8. The Bertz CT molecular complexity index is 1110. The van der Waals surface area contributed by atoms with Crippen LogP contribution in [0.15, 0.2) is 58.8 Å². The van der Waals surface area contributed by atoms with Crippen LogP contribution in [0.3, 0.4) is 0 Å². The summed E-state index contributed by atoms with van der Waals surface area (Å²) in [5.74, 6) is 2.02. The van der Waals surface area contributed by atoms with Crippen LogP contribution in [0.4, 0.5) is 11.8 Å². The van der Waals surface area contributed by atoms with Crippen LogP contribution in [0, 0.1) is 0 Å². The average Bonchev–Trinajstić information content (AvgIpc) is 3.25. The number of nitrogens with one attached hydrogen (secondary N) is 2. The van der Waals surface area contributed by atoms with Gasteiger partial charge in [-0.3, -0.25) is 4.79 Å². The van der Waals surface area contributed by atoms with Gasteiger partial charge in [-0.05, 0) is 24.1 Å². The van der Waals surface area contributed by atoms with E-state index in [-0.39, 0.29) is 5.76 Å². The van der Waals surface area contributed by atoms with E-state index in [1.807, 2.05) is 44.3 Å². The van der Waals surface area contributed by atoms with Crippen molar-refractivity contribution in [2.75, 3.05) is 43.6 Å². The fourth-order valence-electron chi connectivity index (χ4n) is 3.45. The Morgan fingerprint density at radius 2 is 1.94 bits per heavy atom. The lowest BCUT2D eigenvalue weighted by Crippen LogP contribution is -2.37. The number of allylic oxidation sites excluding steroid dienone is 3. The molecule has 0 atom stereocenters. The zero-order valence-corrected chi connectivity index (χ0v) is 17.6. The Labute approximate surface area is 180 Å². The smallest absolute Gasteiger partial charge is 0.231 e. The van der Waals surface area contributed by atoms with Crippen molar-refractivity contribution >= 4 is 34.7 Å². The standard InChI is InChI=1S/C23H25N5O3/c1-3-16(17-7-5-4-6-8-17)13-20(24-2)26-23-25-19-14-18(15-29)31-21(19)22(27-23)28-9-11-30-12-10-28/h3-8,13-15,24H,9-12H2,1-2H3,(H,25,26,27)/b16-3+,20-13+. The van der Waals surface area contributed by atoms with E-state index in [1.165, 1.54) is 0 Å².